The van der Waals surface area contributed by atoms with Gasteiger partial charge in [0.1, 0.15) is 5.75 Å². The fraction of sp³-hybridized carbons (Fsp3) is 0.353. The Labute approximate surface area is 130 Å². The molecule has 0 aliphatic carbocycles. The van der Waals surface area contributed by atoms with Gasteiger partial charge in [-0.25, -0.2) is 0 Å². The molecule has 1 aromatic carbocycles. The van der Waals surface area contributed by atoms with Gasteiger partial charge in [-0.2, -0.15) is 0 Å². The molecule has 2 rings (SSSR count). The zero-order valence-corrected chi connectivity index (χ0v) is 13.4. The van der Waals surface area contributed by atoms with Crippen molar-refractivity contribution in [1.82, 2.24) is 4.57 Å². The summed E-state index contributed by atoms with van der Waals surface area (Å²) >= 11 is 0. The molecule has 0 saturated heterocycles. The lowest BCUT2D eigenvalue weighted by molar-refractivity contribution is 0.0999. The first-order valence-corrected chi connectivity index (χ1v) is 7.14. The maximum Gasteiger partial charge on any atom is 0.250 e. The molecule has 0 bridgehead atoms. The SMILES string of the molecule is COCC(C)n1c(-c2ccc(OC)cc2)cc(C(N)=O)c1C. The number of carbonyl (C=O) groups excluding carboxylic acids is 1. The van der Waals surface area contributed by atoms with Crippen molar-refractivity contribution in [2.24, 2.45) is 5.73 Å². The van der Waals surface area contributed by atoms with Gasteiger partial charge >= 0.3 is 0 Å². The Morgan fingerprint density at radius 1 is 1.27 bits per heavy atom. The number of hydrogen-bond donors (Lipinski definition) is 1. The van der Waals surface area contributed by atoms with E-state index in [1.807, 2.05) is 44.2 Å². The number of ether oxygens (including phenoxy) is 2. The van der Waals surface area contributed by atoms with Gasteiger partial charge in [0.25, 0.3) is 5.91 Å². The summed E-state index contributed by atoms with van der Waals surface area (Å²) in [4.78, 5) is 11.7. The lowest BCUT2D eigenvalue weighted by Gasteiger charge is -2.19. The van der Waals surface area contributed by atoms with E-state index in [0.29, 0.717) is 12.2 Å². The van der Waals surface area contributed by atoms with Crippen molar-refractivity contribution in [3.05, 3.63) is 41.6 Å². The van der Waals surface area contributed by atoms with E-state index in [1.54, 1.807) is 14.2 Å². The minimum atomic E-state index is -0.421. The molecular weight excluding hydrogens is 280 g/mol. The van der Waals surface area contributed by atoms with E-state index in [0.717, 1.165) is 22.7 Å². The van der Waals surface area contributed by atoms with Crippen LogP contribution >= 0.6 is 0 Å². The fourth-order valence-corrected chi connectivity index (χ4v) is 2.74. The quantitative estimate of drug-likeness (QED) is 0.892. The third-order valence-corrected chi connectivity index (χ3v) is 3.79. The van der Waals surface area contributed by atoms with E-state index in [1.165, 1.54) is 0 Å². The number of hydrogen-bond acceptors (Lipinski definition) is 3. The zero-order chi connectivity index (χ0) is 16.3. The topological polar surface area (TPSA) is 66.5 Å². The average molecular weight is 302 g/mol. The van der Waals surface area contributed by atoms with E-state index < -0.39 is 5.91 Å². The van der Waals surface area contributed by atoms with Crippen molar-refractivity contribution >= 4 is 5.91 Å². The second-order valence-corrected chi connectivity index (χ2v) is 5.30. The van der Waals surface area contributed by atoms with Gasteiger partial charge in [-0.3, -0.25) is 4.79 Å². The molecule has 22 heavy (non-hydrogen) atoms. The van der Waals surface area contributed by atoms with E-state index >= 15 is 0 Å². The fourth-order valence-electron chi connectivity index (χ4n) is 2.74. The highest BCUT2D eigenvalue weighted by atomic mass is 16.5. The van der Waals surface area contributed by atoms with Crippen LogP contribution in [0.2, 0.25) is 0 Å². The number of nitrogens with two attached hydrogens (primary N) is 1. The second-order valence-electron chi connectivity index (χ2n) is 5.30. The van der Waals surface area contributed by atoms with Crippen LogP contribution in [0.5, 0.6) is 5.75 Å². The maximum absolute atomic E-state index is 11.7. The van der Waals surface area contributed by atoms with Gasteiger partial charge in [0.2, 0.25) is 0 Å². The van der Waals surface area contributed by atoms with Gasteiger partial charge in [0.15, 0.2) is 0 Å². The number of methoxy groups -OCH3 is 2. The van der Waals surface area contributed by atoms with Crippen molar-refractivity contribution in [1.29, 1.82) is 0 Å². The smallest absolute Gasteiger partial charge is 0.250 e. The monoisotopic (exact) mass is 302 g/mol. The molecule has 2 aromatic rings. The molecule has 5 heteroatoms. The van der Waals surface area contributed by atoms with Crippen LogP contribution in [-0.4, -0.2) is 31.3 Å². The van der Waals surface area contributed by atoms with Gasteiger partial charge in [-0.05, 0) is 49.7 Å². The van der Waals surface area contributed by atoms with E-state index in [9.17, 15) is 4.79 Å². The molecule has 0 aliphatic heterocycles. The lowest BCUT2D eigenvalue weighted by Crippen LogP contribution is -2.16. The van der Waals surface area contributed by atoms with Gasteiger partial charge in [-0.15, -0.1) is 0 Å². The number of benzene rings is 1. The Kier molecular flexibility index (Phi) is 4.88. The summed E-state index contributed by atoms with van der Waals surface area (Å²) in [5.41, 5.74) is 8.82. The molecule has 1 atom stereocenters. The number of amides is 1. The number of carbonyl (C=O) groups is 1. The molecule has 0 spiro atoms. The first kappa shape index (κ1) is 16.1. The van der Waals surface area contributed by atoms with Crippen LogP contribution in [0.1, 0.15) is 29.0 Å². The summed E-state index contributed by atoms with van der Waals surface area (Å²) in [5, 5.41) is 0. The van der Waals surface area contributed by atoms with Crippen LogP contribution in [0.25, 0.3) is 11.3 Å². The Balaban J connectivity index is 2.56. The summed E-state index contributed by atoms with van der Waals surface area (Å²) in [6.07, 6.45) is 0. The van der Waals surface area contributed by atoms with Crippen LogP contribution in [-0.2, 0) is 4.74 Å². The van der Waals surface area contributed by atoms with Crippen molar-refractivity contribution < 1.29 is 14.3 Å². The van der Waals surface area contributed by atoms with Crippen LogP contribution < -0.4 is 10.5 Å². The first-order chi connectivity index (χ1) is 10.5. The molecule has 1 heterocycles. The minimum absolute atomic E-state index is 0.0928. The highest BCUT2D eigenvalue weighted by molar-refractivity contribution is 5.95. The molecule has 2 N–H and O–H groups in total. The van der Waals surface area contributed by atoms with Gasteiger partial charge in [-0.1, -0.05) is 0 Å². The third-order valence-electron chi connectivity index (χ3n) is 3.79. The number of primary amides is 1. The highest BCUT2D eigenvalue weighted by Crippen LogP contribution is 2.30. The average Bonchev–Trinajstić information content (AvgIpc) is 2.85. The predicted molar refractivity (Wildman–Crippen MR) is 86.3 cm³/mol. The summed E-state index contributed by atoms with van der Waals surface area (Å²) < 4.78 is 12.5. The molecule has 1 amide bonds. The van der Waals surface area contributed by atoms with Crippen LogP contribution in [0, 0.1) is 6.92 Å². The molecule has 0 fully saturated rings. The summed E-state index contributed by atoms with van der Waals surface area (Å²) in [5.74, 6) is 0.370. The Morgan fingerprint density at radius 2 is 1.91 bits per heavy atom. The van der Waals surface area contributed by atoms with E-state index in [4.69, 9.17) is 15.2 Å². The summed E-state index contributed by atoms with van der Waals surface area (Å²) in [6, 6.07) is 9.66. The normalized spacial score (nSPS) is 12.2. The third kappa shape index (κ3) is 2.99. The summed E-state index contributed by atoms with van der Waals surface area (Å²) in [6.45, 7) is 4.50. The highest BCUT2D eigenvalue weighted by Gasteiger charge is 2.20. The van der Waals surface area contributed by atoms with Crippen molar-refractivity contribution in [3.63, 3.8) is 0 Å². The zero-order valence-electron chi connectivity index (χ0n) is 13.4. The Morgan fingerprint density at radius 3 is 2.41 bits per heavy atom. The van der Waals surface area contributed by atoms with Crippen molar-refractivity contribution in [2.45, 2.75) is 19.9 Å². The van der Waals surface area contributed by atoms with Gasteiger partial charge in [0, 0.05) is 18.5 Å². The van der Waals surface area contributed by atoms with Crippen molar-refractivity contribution in [2.75, 3.05) is 20.8 Å². The molecule has 5 nitrogen and oxygen atoms in total. The van der Waals surface area contributed by atoms with Crippen LogP contribution in [0.3, 0.4) is 0 Å². The van der Waals surface area contributed by atoms with E-state index in [2.05, 4.69) is 4.57 Å². The molecular formula is C17H22N2O3. The number of rotatable bonds is 6. The maximum atomic E-state index is 11.7. The Bertz CT molecular complexity index is 659. The predicted octanol–water partition coefficient (Wildman–Crippen LogP) is 2.78. The van der Waals surface area contributed by atoms with Crippen LogP contribution in [0.15, 0.2) is 30.3 Å². The molecule has 0 saturated carbocycles. The van der Waals surface area contributed by atoms with E-state index in [-0.39, 0.29) is 6.04 Å². The molecule has 0 aliphatic rings. The number of nitrogens with zero attached hydrogens (tertiary/aromatic N) is 1. The van der Waals surface area contributed by atoms with Crippen molar-refractivity contribution in [3.8, 4) is 17.0 Å². The van der Waals surface area contributed by atoms with Gasteiger partial charge < -0.3 is 19.8 Å². The Hall–Kier alpha value is -2.27. The molecule has 0 radical (unpaired) electrons. The minimum Gasteiger partial charge on any atom is -0.497 e. The summed E-state index contributed by atoms with van der Waals surface area (Å²) in [7, 11) is 3.30. The number of aromatic nitrogens is 1. The first-order valence-electron chi connectivity index (χ1n) is 7.14. The molecule has 1 unspecified atom stereocenters. The molecule has 118 valence electrons. The second kappa shape index (κ2) is 6.66. The lowest BCUT2D eigenvalue weighted by atomic mass is 10.1. The standard InChI is InChI=1S/C17H22N2O3/c1-11(10-21-3)19-12(2)15(17(18)20)9-16(19)13-5-7-14(22-4)8-6-13/h5-9,11H,10H2,1-4H3,(H2,18,20). The largest absolute Gasteiger partial charge is 0.497 e. The van der Waals surface area contributed by atoms with Crippen LogP contribution in [0.4, 0.5) is 0 Å². The molecule has 1 aromatic heterocycles. The van der Waals surface area contributed by atoms with Gasteiger partial charge in [0.05, 0.1) is 25.3 Å².